The summed E-state index contributed by atoms with van der Waals surface area (Å²) in [6, 6.07) is 21.3. The summed E-state index contributed by atoms with van der Waals surface area (Å²) < 4.78 is 5.78. The lowest BCUT2D eigenvalue weighted by atomic mass is 10.2. The number of carbonyl (C=O) groups excluding carboxylic acids is 1. The van der Waals surface area contributed by atoms with Gasteiger partial charge in [0.05, 0.1) is 10.0 Å². The van der Waals surface area contributed by atoms with Gasteiger partial charge in [0, 0.05) is 17.3 Å². The number of anilines is 1. The molecule has 2 N–H and O–H groups in total. The molecule has 0 unspecified atom stereocenters. The van der Waals surface area contributed by atoms with Crippen molar-refractivity contribution in [3.05, 3.63) is 88.4 Å². The standard InChI is InChI=1S/C20H14Cl2N2O2S/c21-17-10-9-13(11-18(17)22)19(25)24-20(27)23-14-5-4-8-16(12-14)26-15-6-2-1-3-7-15/h1-12H,(H2,23,24,25,27). The van der Waals surface area contributed by atoms with Crippen molar-refractivity contribution in [3.8, 4) is 11.5 Å². The number of carbonyl (C=O) groups is 1. The molecule has 0 atom stereocenters. The molecule has 7 heteroatoms. The third-order valence-corrected chi connectivity index (χ3v) is 4.42. The summed E-state index contributed by atoms with van der Waals surface area (Å²) in [5.74, 6) is 0.984. The van der Waals surface area contributed by atoms with E-state index in [1.165, 1.54) is 6.07 Å². The molecule has 0 aliphatic carbocycles. The number of nitrogens with one attached hydrogen (secondary N) is 2. The molecule has 0 bridgehead atoms. The summed E-state index contributed by atoms with van der Waals surface area (Å²) in [4.78, 5) is 12.3. The quantitative estimate of drug-likeness (QED) is 0.518. The smallest absolute Gasteiger partial charge is 0.257 e. The maximum absolute atomic E-state index is 12.3. The molecule has 3 aromatic carbocycles. The van der Waals surface area contributed by atoms with Crippen LogP contribution in [0, 0.1) is 0 Å². The summed E-state index contributed by atoms with van der Waals surface area (Å²) in [6.45, 7) is 0. The van der Waals surface area contributed by atoms with E-state index in [4.69, 9.17) is 40.2 Å². The number of para-hydroxylation sites is 1. The van der Waals surface area contributed by atoms with Crippen LogP contribution in [0.1, 0.15) is 10.4 Å². The third kappa shape index (κ3) is 5.44. The summed E-state index contributed by atoms with van der Waals surface area (Å²) >= 11 is 17.0. The van der Waals surface area contributed by atoms with Gasteiger partial charge in [0.1, 0.15) is 11.5 Å². The average molecular weight is 417 g/mol. The van der Waals surface area contributed by atoms with Crippen LogP contribution in [-0.2, 0) is 0 Å². The predicted octanol–water partition coefficient (Wildman–Crippen LogP) is 5.91. The van der Waals surface area contributed by atoms with Gasteiger partial charge >= 0.3 is 0 Å². The van der Waals surface area contributed by atoms with E-state index in [9.17, 15) is 4.79 Å². The molecular weight excluding hydrogens is 403 g/mol. The van der Waals surface area contributed by atoms with Crippen molar-refractivity contribution in [2.24, 2.45) is 0 Å². The van der Waals surface area contributed by atoms with Crippen LogP contribution in [0.5, 0.6) is 11.5 Å². The van der Waals surface area contributed by atoms with E-state index in [1.54, 1.807) is 18.2 Å². The Hall–Kier alpha value is -2.60. The van der Waals surface area contributed by atoms with Gasteiger partial charge in [-0.1, -0.05) is 47.5 Å². The second-order valence-corrected chi connectivity index (χ2v) is 6.70. The number of amides is 1. The first-order valence-electron chi connectivity index (χ1n) is 7.91. The number of thiocarbonyl (C=S) groups is 1. The van der Waals surface area contributed by atoms with Crippen molar-refractivity contribution in [3.63, 3.8) is 0 Å². The van der Waals surface area contributed by atoms with Crippen molar-refractivity contribution in [2.75, 3.05) is 5.32 Å². The molecule has 0 aliphatic heterocycles. The Morgan fingerprint density at radius 1 is 0.852 bits per heavy atom. The Bertz CT molecular complexity index is 981. The Morgan fingerprint density at radius 2 is 1.59 bits per heavy atom. The molecule has 0 radical (unpaired) electrons. The lowest BCUT2D eigenvalue weighted by Gasteiger charge is -2.11. The highest BCUT2D eigenvalue weighted by Crippen LogP contribution is 2.24. The normalized spacial score (nSPS) is 10.1. The fourth-order valence-electron chi connectivity index (χ4n) is 2.24. The fraction of sp³-hybridized carbons (Fsp3) is 0. The fourth-order valence-corrected chi connectivity index (χ4v) is 2.75. The van der Waals surface area contributed by atoms with Gasteiger partial charge < -0.3 is 10.1 Å². The van der Waals surface area contributed by atoms with Gasteiger partial charge in [-0.3, -0.25) is 10.1 Å². The molecule has 27 heavy (non-hydrogen) atoms. The van der Waals surface area contributed by atoms with Gasteiger partial charge in [0.15, 0.2) is 5.11 Å². The minimum Gasteiger partial charge on any atom is -0.457 e. The Kier molecular flexibility index (Phi) is 6.29. The molecule has 0 aromatic heterocycles. The molecular formula is C20H14Cl2N2O2S. The maximum atomic E-state index is 12.3. The molecule has 3 rings (SSSR count). The molecule has 0 saturated carbocycles. The predicted molar refractivity (Wildman–Crippen MR) is 113 cm³/mol. The molecule has 1 amide bonds. The molecule has 0 aliphatic rings. The Morgan fingerprint density at radius 3 is 2.33 bits per heavy atom. The van der Waals surface area contributed by atoms with Crippen molar-refractivity contribution < 1.29 is 9.53 Å². The molecule has 0 fully saturated rings. The number of hydrogen-bond donors (Lipinski definition) is 2. The lowest BCUT2D eigenvalue weighted by Crippen LogP contribution is -2.34. The van der Waals surface area contributed by atoms with Gasteiger partial charge in [0.2, 0.25) is 0 Å². The van der Waals surface area contributed by atoms with E-state index in [1.807, 2.05) is 48.5 Å². The van der Waals surface area contributed by atoms with Gasteiger partial charge in [-0.25, -0.2) is 0 Å². The van der Waals surface area contributed by atoms with Gasteiger partial charge in [-0.15, -0.1) is 0 Å². The number of ether oxygens (including phenoxy) is 1. The van der Waals surface area contributed by atoms with E-state index in [0.29, 0.717) is 27.0 Å². The Balaban J connectivity index is 1.63. The average Bonchev–Trinajstić information content (AvgIpc) is 2.65. The third-order valence-electron chi connectivity index (χ3n) is 3.48. The molecule has 136 valence electrons. The summed E-state index contributed by atoms with van der Waals surface area (Å²) in [7, 11) is 0. The highest BCUT2D eigenvalue weighted by atomic mass is 35.5. The second kappa shape index (κ2) is 8.86. The van der Waals surface area contributed by atoms with Crippen molar-refractivity contribution in [1.82, 2.24) is 5.32 Å². The van der Waals surface area contributed by atoms with Crippen LogP contribution in [0.4, 0.5) is 5.69 Å². The molecule has 3 aromatic rings. The first-order valence-corrected chi connectivity index (χ1v) is 9.08. The lowest BCUT2D eigenvalue weighted by molar-refractivity contribution is 0.0977. The van der Waals surface area contributed by atoms with Crippen LogP contribution in [0.25, 0.3) is 0 Å². The molecule has 0 spiro atoms. The number of hydrogen-bond acceptors (Lipinski definition) is 3. The monoisotopic (exact) mass is 416 g/mol. The minimum atomic E-state index is -0.386. The van der Waals surface area contributed by atoms with E-state index in [0.717, 1.165) is 5.75 Å². The van der Waals surface area contributed by atoms with Crippen LogP contribution >= 0.6 is 35.4 Å². The van der Waals surface area contributed by atoms with E-state index in [2.05, 4.69) is 10.6 Å². The van der Waals surface area contributed by atoms with Crippen molar-refractivity contribution in [2.45, 2.75) is 0 Å². The van der Waals surface area contributed by atoms with Crippen molar-refractivity contribution in [1.29, 1.82) is 0 Å². The van der Waals surface area contributed by atoms with Crippen LogP contribution in [0.2, 0.25) is 10.0 Å². The van der Waals surface area contributed by atoms with Crippen LogP contribution in [0.15, 0.2) is 72.8 Å². The van der Waals surface area contributed by atoms with Crippen LogP contribution < -0.4 is 15.4 Å². The largest absolute Gasteiger partial charge is 0.457 e. The highest BCUT2D eigenvalue weighted by molar-refractivity contribution is 7.80. The number of halogens is 2. The van der Waals surface area contributed by atoms with Crippen molar-refractivity contribution >= 4 is 52.1 Å². The topological polar surface area (TPSA) is 50.4 Å². The van der Waals surface area contributed by atoms with Gasteiger partial charge in [-0.2, -0.15) is 0 Å². The highest BCUT2D eigenvalue weighted by Gasteiger charge is 2.10. The van der Waals surface area contributed by atoms with Crippen LogP contribution in [0.3, 0.4) is 0 Å². The summed E-state index contributed by atoms with van der Waals surface area (Å²) in [6.07, 6.45) is 0. The number of rotatable bonds is 4. The first kappa shape index (κ1) is 19.2. The van der Waals surface area contributed by atoms with E-state index in [-0.39, 0.29) is 11.0 Å². The van der Waals surface area contributed by atoms with Crippen LogP contribution in [-0.4, -0.2) is 11.0 Å². The zero-order valence-electron chi connectivity index (χ0n) is 13.9. The first-order chi connectivity index (χ1) is 13.0. The molecule has 0 heterocycles. The van der Waals surface area contributed by atoms with Gasteiger partial charge in [0.25, 0.3) is 5.91 Å². The minimum absolute atomic E-state index is 0.155. The maximum Gasteiger partial charge on any atom is 0.257 e. The van der Waals surface area contributed by atoms with E-state index < -0.39 is 0 Å². The molecule has 4 nitrogen and oxygen atoms in total. The summed E-state index contributed by atoms with van der Waals surface area (Å²) in [5, 5.41) is 6.39. The molecule has 0 saturated heterocycles. The number of benzene rings is 3. The Labute approximate surface area is 172 Å². The van der Waals surface area contributed by atoms with E-state index >= 15 is 0 Å². The second-order valence-electron chi connectivity index (χ2n) is 5.48. The summed E-state index contributed by atoms with van der Waals surface area (Å²) in [5.41, 5.74) is 1.04. The zero-order valence-corrected chi connectivity index (χ0v) is 16.2. The van der Waals surface area contributed by atoms with Gasteiger partial charge in [-0.05, 0) is 54.7 Å². The SMILES string of the molecule is O=C(NC(=S)Nc1cccc(Oc2ccccc2)c1)c1ccc(Cl)c(Cl)c1. The zero-order chi connectivity index (χ0) is 19.2.